The highest BCUT2D eigenvalue weighted by Gasteiger charge is 2.21. The summed E-state index contributed by atoms with van der Waals surface area (Å²) in [6.07, 6.45) is 2.96. The number of piperidine rings is 1. The largest absolute Gasteiger partial charge is 0.377 e. The van der Waals surface area contributed by atoms with Gasteiger partial charge in [0.15, 0.2) is 0 Å². The van der Waals surface area contributed by atoms with E-state index >= 15 is 0 Å². The van der Waals surface area contributed by atoms with E-state index < -0.39 is 0 Å². The number of hydrogen-bond acceptors (Lipinski definition) is 3. The van der Waals surface area contributed by atoms with Gasteiger partial charge >= 0.3 is 0 Å². The quantitative estimate of drug-likeness (QED) is 0.797. The van der Waals surface area contributed by atoms with Gasteiger partial charge in [-0.05, 0) is 62.4 Å². The van der Waals surface area contributed by atoms with E-state index in [-0.39, 0.29) is 18.3 Å². The summed E-state index contributed by atoms with van der Waals surface area (Å²) in [5.74, 6) is 1.21. The van der Waals surface area contributed by atoms with Gasteiger partial charge in [0.25, 0.3) is 0 Å². The zero-order chi connectivity index (χ0) is 15.8. The summed E-state index contributed by atoms with van der Waals surface area (Å²) in [7, 11) is 0. The number of anilines is 1. The van der Waals surface area contributed by atoms with Gasteiger partial charge in [0.2, 0.25) is 5.91 Å². The molecular weight excluding hydrogens is 312 g/mol. The van der Waals surface area contributed by atoms with Crippen molar-refractivity contribution in [2.24, 2.45) is 11.8 Å². The molecule has 0 aromatic heterocycles. The zero-order valence-corrected chi connectivity index (χ0v) is 15.0. The molecule has 1 unspecified atom stereocenters. The third-order valence-electron chi connectivity index (χ3n) is 4.38. The number of ether oxygens (including phenoxy) is 1. The fourth-order valence-electron chi connectivity index (χ4n) is 3.04. The van der Waals surface area contributed by atoms with E-state index in [1.165, 1.54) is 12.8 Å². The summed E-state index contributed by atoms with van der Waals surface area (Å²) >= 11 is 0. The summed E-state index contributed by atoms with van der Waals surface area (Å²) in [5, 5.41) is 6.39. The first-order valence-electron chi connectivity index (χ1n) is 8.36. The number of nitrogens with one attached hydrogen (secondary N) is 2. The van der Waals surface area contributed by atoms with Crippen LogP contribution in [0.4, 0.5) is 5.69 Å². The average Bonchev–Trinajstić information content (AvgIpc) is 2.54. The maximum Gasteiger partial charge on any atom is 0.224 e. The Kier molecular flexibility index (Phi) is 9.22. The van der Waals surface area contributed by atoms with Crippen LogP contribution in [0, 0.1) is 11.8 Å². The Balaban J connectivity index is 0.00000264. The summed E-state index contributed by atoms with van der Waals surface area (Å²) in [6, 6.07) is 7.90. The van der Waals surface area contributed by atoms with Gasteiger partial charge in [-0.25, -0.2) is 0 Å². The van der Waals surface area contributed by atoms with Gasteiger partial charge < -0.3 is 15.4 Å². The van der Waals surface area contributed by atoms with Gasteiger partial charge in [0, 0.05) is 18.7 Å². The molecule has 1 heterocycles. The van der Waals surface area contributed by atoms with Gasteiger partial charge in [0.05, 0.1) is 6.61 Å². The summed E-state index contributed by atoms with van der Waals surface area (Å²) < 4.78 is 5.40. The van der Waals surface area contributed by atoms with Crippen LogP contribution in [0.15, 0.2) is 24.3 Å². The summed E-state index contributed by atoms with van der Waals surface area (Å²) in [5.41, 5.74) is 1.95. The SMILES string of the molecule is CCOCc1cccc(NC(=O)CC(C)C2CCNCC2)c1.Cl. The highest BCUT2D eigenvalue weighted by molar-refractivity contribution is 5.90. The zero-order valence-electron chi connectivity index (χ0n) is 14.1. The van der Waals surface area contributed by atoms with E-state index in [1.54, 1.807) is 0 Å². The number of carbonyl (C=O) groups is 1. The minimum absolute atomic E-state index is 0. The van der Waals surface area contributed by atoms with Crippen molar-refractivity contribution in [3.8, 4) is 0 Å². The first-order valence-corrected chi connectivity index (χ1v) is 8.36. The van der Waals surface area contributed by atoms with Gasteiger partial charge in [-0.1, -0.05) is 19.1 Å². The fourth-order valence-corrected chi connectivity index (χ4v) is 3.04. The van der Waals surface area contributed by atoms with Crippen molar-refractivity contribution < 1.29 is 9.53 Å². The molecule has 4 nitrogen and oxygen atoms in total. The molecule has 0 bridgehead atoms. The smallest absolute Gasteiger partial charge is 0.224 e. The molecule has 2 N–H and O–H groups in total. The topological polar surface area (TPSA) is 50.4 Å². The number of rotatable bonds is 7. The van der Waals surface area contributed by atoms with Crippen molar-refractivity contribution >= 4 is 24.0 Å². The van der Waals surface area contributed by atoms with Crippen LogP contribution in [-0.4, -0.2) is 25.6 Å². The Morgan fingerprint density at radius 1 is 1.39 bits per heavy atom. The van der Waals surface area contributed by atoms with Gasteiger partial charge in [-0.2, -0.15) is 0 Å². The third kappa shape index (κ3) is 6.90. The third-order valence-corrected chi connectivity index (χ3v) is 4.38. The second-order valence-electron chi connectivity index (χ2n) is 6.15. The second kappa shape index (κ2) is 10.6. The number of amides is 1. The Bertz CT molecular complexity index is 476. The van der Waals surface area contributed by atoms with E-state index in [4.69, 9.17) is 4.74 Å². The molecule has 1 aliphatic heterocycles. The van der Waals surface area contributed by atoms with Gasteiger partial charge in [-0.3, -0.25) is 4.79 Å². The molecule has 1 fully saturated rings. The molecule has 0 spiro atoms. The van der Waals surface area contributed by atoms with Crippen LogP contribution in [0.25, 0.3) is 0 Å². The molecular formula is C18H29ClN2O2. The minimum atomic E-state index is 0. The monoisotopic (exact) mass is 340 g/mol. The number of carbonyl (C=O) groups excluding carboxylic acids is 1. The second-order valence-corrected chi connectivity index (χ2v) is 6.15. The first-order chi connectivity index (χ1) is 10.7. The van der Waals surface area contributed by atoms with Crippen molar-refractivity contribution in [2.45, 2.75) is 39.7 Å². The molecule has 1 atom stereocenters. The van der Waals surface area contributed by atoms with E-state index in [1.807, 2.05) is 31.2 Å². The minimum Gasteiger partial charge on any atom is -0.377 e. The predicted molar refractivity (Wildman–Crippen MR) is 97.0 cm³/mol. The van der Waals surface area contributed by atoms with E-state index in [0.29, 0.717) is 31.5 Å². The molecule has 1 aliphatic rings. The molecule has 23 heavy (non-hydrogen) atoms. The molecule has 1 aromatic rings. The van der Waals surface area contributed by atoms with Crippen molar-refractivity contribution in [1.82, 2.24) is 5.32 Å². The summed E-state index contributed by atoms with van der Waals surface area (Å²) in [6.45, 7) is 7.62. The Labute approximate surface area is 145 Å². The lowest BCUT2D eigenvalue weighted by atomic mass is 9.84. The van der Waals surface area contributed by atoms with Crippen molar-refractivity contribution in [3.05, 3.63) is 29.8 Å². The van der Waals surface area contributed by atoms with Crippen LogP contribution in [0.1, 0.15) is 38.7 Å². The first kappa shape index (κ1) is 19.9. The average molecular weight is 341 g/mol. The van der Waals surface area contributed by atoms with Crippen molar-refractivity contribution in [1.29, 1.82) is 0 Å². The molecule has 0 aliphatic carbocycles. The normalized spacial score (nSPS) is 16.4. The van der Waals surface area contributed by atoms with Crippen LogP contribution in [0.3, 0.4) is 0 Å². The predicted octanol–water partition coefficient (Wildman–Crippen LogP) is 3.61. The maximum absolute atomic E-state index is 12.2. The van der Waals surface area contributed by atoms with Crippen LogP contribution < -0.4 is 10.6 Å². The Hall–Kier alpha value is -1.10. The molecule has 1 amide bonds. The molecule has 0 saturated carbocycles. The van der Waals surface area contributed by atoms with E-state index in [9.17, 15) is 4.79 Å². The van der Waals surface area contributed by atoms with Crippen LogP contribution >= 0.6 is 12.4 Å². The highest BCUT2D eigenvalue weighted by Crippen LogP contribution is 2.24. The standard InChI is InChI=1S/C18H28N2O2.ClH/c1-3-22-13-15-5-4-6-17(12-15)20-18(21)11-14(2)16-7-9-19-10-8-16;/h4-6,12,14,16,19H,3,7-11,13H2,1-2H3,(H,20,21);1H. The van der Waals surface area contributed by atoms with Gasteiger partial charge in [0.1, 0.15) is 0 Å². The summed E-state index contributed by atoms with van der Waals surface area (Å²) in [4.78, 5) is 12.2. The number of hydrogen-bond donors (Lipinski definition) is 2. The lowest BCUT2D eigenvalue weighted by Gasteiger charge is -2.27. The molecule has 1 saturated heterocycles. The molecule has 1 aromatic carbocycles. The Morgan fingerprint density at radius 3 is 2.83 bits per heavy atom. The lowest BCUT2D eigenvalue weighted by Crippen LogP contribution is -2.32. The molecule has 2 rings (SSSR count). The van der Waals surface area contributed by atoms with Crippen LogP contribution in [0.5, 0.6) is 0 Å². The number of benzene rings is 1. The van der Waals surface area contributed by atoms with Crippen LogP contribution in [0.2, 0.25) is 0 Å². The lowest BCUT2D eigenvalue weighted by molar-refractivity contribution is -0.117. The van der Waals surface area contributed by atoms with E-state index in [2.05, 4.69) is 17.6 Å². The maximum atomic E-state index is 12.2. The fraction of sp³-hybridized carbons (Fsp3) is 0.611. The van der Waals surface area contributed by atoms with Gasteiger partial charge in [-0.15, -0.1) is 12.4 Å². The van der Waals surface area contributed by atoms with Crippen LogP contribution in [-0.2, 0) is 16.1 Å². The van der Waals surface area contributed by atoms with Crippen molar-refractivity contribution in [2.75, 3.05) is 25.0 Å². The highest BCUT2D eigenvalue weighted by atomic mass is 35.5. The molecule has 130 valence electrons. The number of halogens is 1. The molecule has 0 radical (unpaired) electrons. The molecule has 5 heteroatoms. The Morgan fingerprint density at radius 2 is 2.13 bits per heavy atom. The van der Waals surface area contributed by atoms with Crippen molar-refractivity contribution in [3.63, 3.8) is 0 Å². The van der Waals surface area contributed by atoms with E-state index in [0.717, 1.165) is 24.3 Å².